The van der Waals surface area contributed by atoms with Gasteiger partial charge >= 0.3 is 0 Å². The molecule has 0 aliphatic heterocycles. The maximum Gasteiger partial charge on any atom is 0.0635 e. The van der Waals surface area contributed by atoms with Gasteiger partial charge in [-0.25, -0.2) is 0 Å². The van der Waals surface area contributed by atoms with Crippen LogP contribution in [-0.2, 0) is 17.6 Å². The standard InChI is InChI=1S/C14H21NO/c1-4-7-13-9-6-8-12(5-2)14(13)15-10-11-16-3/h4,6,8-9,15H,1,5,7,10-11H2,2-3H3. The molecule has 0 aliphatic rings. The highest BCUT2D eigenvalue weighted by molar-refractivity contribution is 5.58. The van der Waals surface area contributed by atoms with Crippen molar-refractivity contribution in [2.24, 2.45) is 0 Å². The minimum Gasteiger partial charge on any atom is -0.383 e. The fourth-order valence-electron chi connectivity index (χ4n) is 1.78. The van der Waals surface area contributed by atoms with Crippen molar-refractivity contribution in [3.63, 3.8) is 0 Å². The van der Waals surface area contributed by atoms with E-state index in [1.165, 1.54) is 16.8 Å². The van der Waals surface area contributed by atoms with Gasteiger partial charge < -0.3 is 10.1 Å². The molecule has 0 radical (unpaired) electrons. The molecular weight excluding hydrogens is 198 g/mol. The van der Waals surface area contributed by atoms with Crippen LogP contribution < -0.4 is 5.32 Å². The molecule has 2 nitrogen and oxygen atoms in total. The number of ether oxygens (including phenoxy) is 1. The van der Waals surface area contributed by atoms with Crippen molar-refractivity contribution >= 4 is 5.69 Å². The second-order valence-electron chi connectivity index (χ2n) is 3.72. The second kappa shape index (κ2) is 7.07. The van der Waals surface area contributed by atoms with E-state index in [4.69, 9.17) is 4.74 Å². The van der Waals surface area contributed by atoms with Crippen molar-refractivity contribution in [1.82, 2.24) is 0 Å². The highest BCUT2D eigenvalue weighted by atomic mass is 16.5. The lowest BCUT2D eigenvalue weighted by atomic mass is 10.0. The molecule has 0 aliphatic carbocycles. The van der Waals surface area contributed by atoms with Gasteiger partial charge in [0.1, 0.15) is 0 Å². The van der Waals surface area contributed by atoms with Crippen molar-refractivity contribution in [3.8, 4) is 0 Å². The number of hydrogen-bond donors (Lipinski definition) is 1. The number of para-hydroxylation sites is 1. The minimum atomic E-state index is 0.728. The number of hydrogen-bond acceptors (Lipinski definition) is 2. The Morgan fingerprint density at radius 3 is 2.75 bits per heavy atom. The van der Waals surface area contributed by atoms with Crippen LogP contribution in [0.5, 0.6) is 0 Å². The average molecular weight is 219 g/mol. The first kappa shape index (κ1) is 12.8. The van der Waals surface area contributed by atoms with Gasteiger partial charge in [0.25, 0.3) is 0 Å². The SMILES string of the molecule is C=CCc1cccc(CC)c1NCCOC. The third-order valence-corrected chi connectivity index (χ3v) is 2.59. The fourth-order valence-corrected chi connectivity index (χ4v) is 1.78. The maximum absolute atomic E-state index is 5.05. The van der Waals surface area contributed by atoms with Crippen LogP contribution in [0.2, 0.25) is 0 Å². The number of rotatable bonds is 7. The molecule has 0 fully saturated rings. The van der Waals surface area contributed by atoms with Gasteiger partial charge in [-0.3, -0.25) is 0 Å². The van der Waals surface area contributed by atoms with Gasteiger partial charge in [0.2, 0.25) is 0 Å². The largest absolute Gasteiger partial charge is 0.383 e. The summed E-state index contributed by atoms with van der Waals surface area (Å²) in [7, 11) is 1.72. The van der Waals surface area contributed by atoms with Crippen molar-refractivity contribution in [2.45, 2.75) is 19.8 Å². The molecule has 1 aromatic rings. The van der Waals surface area contributed by atoms with E-state index in [0.717, 1.165) is 26.0 Å². The third kappa shape index (κ3) is 3.38. The first-order chi connectivity index (χ1) is 7.83. The molecule has 0 spiro atoms. The number of allylic oxidation sites excluding steroid dienone is 1. The maximum atomic E-state index is 5.05. The van der Waals surface area contributed by atoms with E-state index in [2.05, 4.69) is 37.0 Å². The normalized spacial score (nSPS) is 10.1. The first-order valence-electron chi connectivity index (χ1n) is 5.78. The Bertz CT molecular complexity index is 334. The fraction of sp³-hybridized carbons (Fsp3) is 0.429. The molecule has 1 aromatic carbocycles. The van der Waals surface area contributed by atoms with E-state index >= 15 is 0 Å². The molecule has 1 rings (SSSR count). The van der Waals surface area contributed by atoms with Crippen molar-refractivity contribution in [3.05, 3.63) is 42.0 Å². The number of methoxy groups -OCH3 is 1. The van der Waals surface area contributed by atoms with E-state index in [0.29, 0.717) is 0 Å². The summed E-state index contributed by atoms with van der Waals surface area (Å²) >= 11 is 0. The summed E-state index contributed by atoms with van der Waals surface area (Å²) in [6, 6.07) is 6.43. The number of aryl methyl sites for hydroxylation is 1. The van der Waals surface area contributed by atoms with Crippen molar-refractivity contribution < 1.29 is 4.74 Å². The Morgan fingerprint density at radius 2 is 2.12 bits per heavy atom. The van der Waals surface area contributed by atoms with Gasteiger partial charge in [-0.15, -0.1) is 6.58 Å². The molecule has 16 heavy (non-hydrogen) atoms. The number of anilines is 1. The van der Waals surface area contributed by atoms with Crippen molar-refractivity contribution in [2.75, 3.05) is 25.6 Å². The molecule has 0 unspecified atom stereocenters. The van der Waals surface area contributed by atoms with E-state index in [1.54, 1.807) is 7.11 Å². The molecule has 0 amide bonds. The summed E-state index contributed by atoms with van der Waals surface area (Å²) in [5.74, 6) is 0. The molecule has 0 saturated carbocycles. The molecular formula is C14H21NO. The van der Waals surface area contributed by atoms with Gasteiger partial charge in [-0.05, 0) is 24.0 Å². The van der Waals surface area contributed by atoms with Crippen LogP contribution in [0.25, 0.3) is 0 Å². The summed E-state index contributed by atoms with van der Waals surface area (Å²) in [5, 5.41) is 3.45. The zero-order chi connectivity index (χ0) is 11.8. The topological polar surface area (TPSA) is 21.3 Å². The molecule has 88 valence electrons. The van der Waals surface area contributed by atoms with Gasteiger partial charge in [-0.1, -0.05) is 31.2 Å². The third-order valence-electron chi connectivity index (χ3n) is 2.59. The smallest absolute Gasteiger partial charge is 0.0635 e. The monoisotopic (exact) mass is 219 g/mol. The highest BCUT2D eigenvalue weighted by Crippen LogP contribution is 2.22. The summed E-state index contributed by atoms with van der Waals surface area (Å²) in [4.78, 5) is 0. The first-order valence-corrected chi connectivity index (χ1v) is 5.78. The number of nitrogens with one attached hydrogen (secondary N) is 1. The van der Waals surface area contributed by atoms with Gasteiger partial charge in [0.05, 0.1) is 6.61 Å². The second-order valence-corrected chi connectivity index (χ2v) is 3.72. The summed E-state index contributed by atoms with van der Waals surface area (Å²) in [6.07, 6.45) is 3.89. The zero-order valence-electron chi connectivity index (χ0n) is 10.3. The predicted octanol–water partition coefficient (Wildman–Crippen LogP) is 3.04. The minimum absolute atomic E-state index is 0.728. The van der Waals surface area contributed by atoms with Crippen LogP contribution in [0.4, 0.5) is 5.69 Å². The summed E-state index contributed by atoms with van der Waals surface area (Å²) in [5.41, 5.74) is 3.92. The van der Waals surface area contributed by atoms with Crippen LogP contribution in [-0.4, -0.2) is 20.3 Å². The van der Waals surface area contributed by atoms with Crippen molar-refractivity contribution in [1.29, 1.82) is 0 Å². The zero-order valence-corrected chi connectivity index (χ0v) is 10.3. The van der Waals surface area contributed by atoms with Gasteiger partial charge in [-0.2, -0.15) is 0 Å². The molecule has 0 aromatic heterocycles. The van der Waals surface area contributed by atoms with Gasteiger partial charge in [0, 0.05) is 19.3 Å². The molecule has 0 bridgehead atoms. The molecule has 0 saturated heterocycles. The van der Waals surface area contributed by atoms with E-state index in [9.17, 15) is 0 Å². The summed E-state index contributed by atoms with van der Waals surface area (Å²) in [6.45, 7) is 7.54. The Kier molecular flexibility index (Phi) is 5.65. The number of benzene rings is 1. The molecule has 0 heterocycles. The molecule has 2 heteroatoms. The lowest BCUT2D eigenvalue weighted by Gasteiger charge is -2.15. The van der Waals surface area contributed by atoms with Gasteiger partial charge in [0.15, 0.2) is 0 Å². The predicted molar refractivity (Wildman–Crippen MR) is 70.1 cm³/mol. The Labute approximate surface area is 98.3 Å². The molecule has 1 N–H and O–H groups in total. The Morgan fingerprint density at radius 1 is 1.38 bits per heavy atom. The Hall–Kier alpha value is -1.28. The lowest BCUT2D eigenvalue weighted by Crippen LogP contribution is -2.11. The van der Waals surface area contributed by atoms with Crippen LogP contribution in [0, 0.1) is 0 Å². The van der Waals surface area contributed by atoms with Crippen LogP contribution in [0.15, 0.2) is 30.9 Å². The Balaban J connectivity index is 2.85. The van der Waals surface area contributed by atoms with Crippen LogP contribution >= 0.6 is 0 Å². The molecule has 0 atom stereocenters. The highest BCUT2D eigenvalue weighted by Gasteiger charge is 2.05. The van der Waals surface area contributed by atoms with Crippen LogP contribution in [0.1, 0.15) is 18.1 Å². The summed E-state index contributed by atoms with van der Waals surface area (Å²) < 4.78 is 5.05. The van der Waals surface area contributed by atoms with E-state index in [-0.39, 0.29) is 0 Å². The quantitative estimate of drug-likeness (QED) is 0.562. The average Bonchev–Trinajstić information content (AvgIpc) is 2.31. The van der Waals surface area contributed by atoms with E-state index < -0.39 is 0 Å². The van der Waals surface area contributed by atoms with E-state index in [1.807, 2.05) is 6.08 Å². The lowest BCUT2D eigenvalue weighted by molar-refractivity contribution is 0.210. The van der Waals surface area contributed by atoms with Crippen LogP contribution in [0.3, 0.4) is 0 Å².